The van der Waals surface area contributed by atoms with E-state index >= 15 is 18.4 Å². The molecule has 6 N–H and O–H groups in total. The van der Waals surface area contributed by atoms with Crippen LogP contribution >= 0.6 is 0 Å². The summed E-state index contributed by atoms with van der Waals surface area (Å²) in [6.45, 7) is 17.1. The summed E-state index contributed by atoms with van der Waals surface area (Å²) in [5, 5.41) is 51.2. The molecule has 2 fully saturated rings. The van der Waals surface area contributed by atoms with E-state index in [2.05, 4.69) is 22.2 Å². The van der Waals surface area contributed by atoms with Gasteiger partial charge in [0.25, 0.3) is 11.7 Å². The number of likely N-dealkylation sites (tertiary alicyclic amines) is 1. The van der Waals surface area contributed by atoms with Gasteiger partial charge >= 0.3 is 11.8 Å². The zero-order valence-electron chi connectivity index (χ0n) is 49.2. The molecule has 2 aromatic heterocycles. The van der Waals surface area contributed by atoms with Crippen LogP contribution in [0.15, 0.2) is 89.4 Å². The maximum atomic E-state index is 16.0. The molecule has 20 nitrogen and oxygen atoms in total. The van der Waals surface area contributed by atoms with Gasteiger partial charge in [0.2, 0.25) is 17.0 Å². The summed E-state index contributed by atoms with van der Waals surface area (Å²) >= 11 is 0. The highest BCUT2D eigenvalue weighted by Crippen LogP contribution is 2.49. The summed E-state index contributed by atoms with van der Waals surface area (Å²) in [5.74, 6) is -13.3. The van der Waals surface area contributed by atoms with E-state index in [9.17, 15) is 44.0 Å². The number of aliphatic hydroxyl groups excluding tert-OH is 3. The van der Waals surface area contributed by atoms with Crippen LogP contribution in [0.5, 0.6) is 11.5 Å². The smallest absolute Gasteiger partial charge is 0.312 e. The minimum atomic E-state index is -2.17. The molecule has 4 aromatic rings. The fourth-order valence-electron chi connectivity index (χ4n) is 12.3. The number of allylic oxidation sites excluding steroid dienone is 4. The number of esters is 1. The maximum Gasteiger partial charge on any atom is 0.312 e. The number of aromatic nitrogens is 2. The van der Waals surface area contributed by atoms with Crippen molar-refractivity contribution in [3.8, 4) is 17.2 Å². The summed E-state index contributed by atoms with van der Waals surface area (Å²) in [6, 6.07) is 3.62. The van der Waals surface area contributed by atoms with Crippen LogP contribution in [0.25, 0.3) is 22.5 Å². The number of aromatic hydroxyl groups is 1. The van der Waals surface area contributed by atoms with Gasteiger partial charge in [0.15, 0.2) is 17.3 Å². The Morgan fingerprint density at radius 1 is 0.907 bits per heavy atom. The number of methoxy groups -OCH3 is 1. The summed E-state index contributed by atoms with van der Waals surface area (Å²) in [4.78, 5) is 93.1. The number of ketones is 3. The van der Waals surface area contributed by atoms with Crippen molar-refractivity contribution in [1.82, 2.24) is 25.1 Å². The first-order valence-corrected chi connectivity index (χ1v) is 28.5. The lowest BCUT2D eigenvalue weighted by atomic mass is 9.78. The zero-order chi connectivity index (χ0) is 62.5. The number of pyridine rings is 2. The van der Waals surface area contributed by atoms with Crippen molar-refractivity contribution in [1.29, 1.82) is 0 Å². The largest absolute Gasteiger partial charge is 0.508 e. The fraction of sp³-hybridized carbons (Fsp3) is 0.444. The van der Waals surface area contributed by atoms with Gasteiger partial charge in [-0.2, -0.15) is 0 Å². The molecule has 7 heterocycles. The van der Waals surface area contributed by atoms with Gasteiger partial charge in [0, 0.05) is 100 Å². The van der Waals surface area contributed by atoms with Gasteiger partial charge in [-0.25, -0.2) is 18.2 Å². The number of halogens is 3. The van der Waals surface area contributed by atoms with Crippen molar-refractivity contribution in [3.63, 3.8) is 0 Å². The summed E-state index contributed by atoms with van der Waals surface area (Å²) in [7, 11) is 1.40. The number of hydrogen-bond acceptors (Lipinski definition) is 18. The van der Waals surface area contributed by atoms with E-state index in [1.54, 1.807) is 43.6 Å². The number of benzene rings is 2. The average molecular weight is 1190 g/mol. The number of phenolic OH excluding ortho intramolecular Hbond substituents is 1. The number of phenols is 1. The van der Waals surface area contributed by atoms with Crippen LogP contribution in [0.4, 0.5) is 19.0 Å². The molecule has 0 radical (unpaired) electrons. The predicted molar refractivity (Wildman–Crippen MR) is 310 cm³/mol. The normalized spacial score (nSPS) is 28.3. The fourth-order valence-corrected chi connectivity index (χ4v) is 12.3. The highest BCUT2D eigenvalue weighted by atomic mass is 19.1. The lowest BCUT2D eigenvalue weighted by Gasteiger charge is -2.38. The highest BCUT2D eigenvalue weighted by Gasteiger charge is 2.53. The van der Waals surface area contributed by atoms with Crippen molar-refractivity contribution >= 4 is 51.8 Å². The molecular formula is C63H71F3N6O14. The lowest BCUT2D eigenvalue weighted by molar-refractivity contribution is -0.160. The van der Waals surface area contributed by atoms with Crippen LogP contribution in [-0.2, 0) is 23.8 Å². The van der Waals surface area contributed by atoms with Gasteiger partial charge in [-0.3, -0.25) is 33.3 Å². The molecule has 0 saturated carbocycles. The second-order valence-corrected chi connectivity index (χ2v) is 23.2. The van der Waals surface area contributed by atoms with Gasteiger partial charge in [0.1, 0.15) is 46.4 Å². The molecular weight excluding hydrogens is 1120 g/mol. The number of rotatable bonds is 9. The van der Waals surface area contributed by atoms with Crippen LogP contribution in [0.1, 0.15) is 110 Å². The molecule has 10 atom stereocenters. The Bertz CT molecular complexity index is 3650. The van der Waals surface area contributed by atoms with E-state index in [1.165, 1.54) is 53.0 Å². The number of carbonyl (C=O) groups is 5. The molecule has 458 valence electrons. The molecule has 1 amide bonds. The summed E-state index contributed by atoms with van der Waals surface area (Å²) in [5.41, 5.74) is -3.37. The number of nitrogens with one attached hydrogen (secondary N) is 2. The standard InChI is InChI=1S/C63H71F3N6O14/c1-29-12-11-13-30(2)62(82)68-49-50(70-21-17-39(18-22-70)67-26-37-16-20-71(27-37)61-43(66)25-40-54(78)41(35(7)73)28-72(60(40)69-61)44-15-14-38(64)24-42(44)65)56(80)46-47(55(49)79)53(77)34(6)58-48(46)59(81)63(9,86-58)84-23-19-45(83-10)31(3)57(85-36(8)74)33(5)52(76)32(4)51(29)75/h11-15,19,23-25,28-29,31-33,37,39,45,51-52,57,67,73,75-77H,7,16-18,20-22,26-27H2,1-6,8-10H3,(H,68,82)/b12-11+,23-19+,30-13-/t29-,31+,32+,33+,37?,45-,51-,52+,57+,63-/m0/s1. The second kappa shape index (κ2) is 24.7. The summed E-state index contributed by atoms with van der Waals surface area (Å²) in [6.07, 6.45) is 5.62. The molecule has 10 rings (SSSR count). The number of fused-ring (bicyclic) bond motifs is 15. The van der Waals surface area contributed by atoms with Crippen LogP contribution in [0.3, 0.4) is 0 Å². The Morgan fingerprint density at radius 3 is 2.27 bits per heavy atom. The Balaban J connectivity index is 0.986. The van der Waals surface area contributed by atoms with E-state index in [-0.39, 0.29) is 81.3 Å². The molecule has 23 heteroatoms. The van der Waals surface area contributed by atoms with Crippen molar-refractivity contribution < 1.29 is 76.5 Å². The van der Waals surface area contributed by atoms with Crippen molar-refractivity contribution in [2.75, 3.05) is 44.7 Å². The van der Waals surface area contributed by atoms with E-state index in [4.69, 9.17) is 18.9 Å². The topological polar surface area (TPSA) is 269 Å². The Kier molecular flexibility index (Phi) is 17.9. The molecule has 86 heavy (non-hydrogen) atoms. The predicted octanol–water partition coefficient (Wildman–Crippen LogP) is 7.18. The monoisotopic (exact) mass is 1190 g/mol. The van der Waals surface area contributed by atoms with Crippen molar-refractivity contribution in [3.05, 3.63) is 140 Å². The summed E-state index contributed by atoms with van der Waals surface area (Å²) < 4.78 is 70.2. The number of aliphatic hydroxyl groups is 3. The first-order valence-electron chi connectivity index (χ1n) is 28.5. The average Bonchev–Trinajstić information content (AvgIpc) is 1.45. The zero-order valence-corrected chi connectivity index (χ0v) is 49.2. The first-order chi connectivity index (χ1) is 40.7. The van der Waals surface area contributed by atoms with Gasteiger partial charge in [-0.05, 0) is 69.8 Å². The SMILES string of the molecule is C=C(O)c1cn(-c2ccc(F)cc2F)c2nc(N3CCC(CNC4CCN(C5=C6NC(=O)/C(C)=C\C=C\[C@H](C)[C@H](O)[C@@H](C)[C@@H](O)[C@@H](C)[C@H](OC(C)=O)[C@H](C)[C@@H](OC)/C=C/O[C@@]7(C)Oc8c(C)c(O)c(c(c8C7=O)C5=O)C6=O)CC4)C3)c(F)cc2c1=O. The van der Waals surface area contributed by atoms with E-state index in [0.717, 1.165) is 35.2 Å². The molecule has 1 unspecified atom stereocenters. The Morgan fingerprint density at radius 2 is 1.60 bits per heavy atom. The van der Waals surface area contributed by atoms with Crippen LogP contribution in [0.2, 0.25) is 0 Å². The number of amides is 1. The third-order valence-corrected chi connectivity index (χ3v) is 17.4. The number of nitrogens with zero attached hydrogens (tertiary/aromatic N) is 4. The number of anilines is 1. The third-order valence-electron chi connectivity index (χ3n) is 17.4. The quantitative estimate of drug-likeness (QED) is 0.0715. The molecule has 1 aliphatic carbocycles. The van der Waals surface area contributed by atoms with Gasteiger partial charge in [-0.1, -0.05) is 52.5 Å². The van der Waals surface area contributed by atoms with Crippen LogP contribution < -0.4 is 25.7 Å². The lowest BCUT2D eigenvalue weighted by Crippen LogP contribution is -2.47. The number of piperidine rings is 1. The number of hydrogen-bond donors (Lipinski definition) is 6. The first kappa shape index (κ1) is 62.4. The van der Waals surface area contributed by atoms with E-state index < -0.39 is 134 Å². The molecule has 5 bridgehead atoms. The minimum Gasteiger partial charge on any atom is -0.508 e. The molecule has 0 spiro atoms. The van der Waals surface area contributed by atoms with Crippen molar-refractivity contribution in [2.45, 2.75) is 111 Å². The van der Waals surface area contributed by atoms with E-state index in [0.29, 0.717) is 45.0 Å². The molecule has 5 aliphatic heterocycles. The van der Waals surface area contributed by atoms with Crippen LogP contribution in [-0.4, -0.2) is 140 Å². The van der Waals surface area contributed by atoms with Gasteiger partial charge < -0.3 is 59.8 Å². The highest BCUT2D eigenvalue weighted by molar-refractivity contribution is 6.32. The second-order valence-electron chi connectivity index (χ2n) is 23.2. The third kappa shape index (κ3) is 11.7. The Hall–Kier alpha value is -8.12. The minimum absolute atomic E-state index is 0.0429. The number of ether oxygens (including phenoxy) is 4. The maximum absolute atomic E-state index is 16.0. The number of carbonyl (C=O) groups excluding carboxylic acids is 5. The molecule has 2 saturated heterocycles. The van der Waals surface area contributed by atoms with E-state index in [1.807, 2.05) is 0 Å². The molecule has 2 aromatic carbocycles. The van der Waals surface area contributed by atoms with Gasteiger partial charge in [0.05, 0.1) is 57.9 Å². The van der Waals surface area contributed by atoms with Crippen LogP contribution in [0, 0.1) is 54.0 Å². The Labute approximate surface area is 494 Å². The number of Topliss-reactive ketones (excluding diaryl/α,β-unsaturated/α-hetero) is 3. The van der Waals surface area contributed by atoms with Gasteiger partial charge in [-0.15, -0.1) is 0 Å². The van der Waals surface area contributed by atoms with Crippen molar-refractivity contribution in [2.24, 2.45) is 29.6 Å². The molecule has 6 aliphatic rings.